The Labute approximate surface area is 130 Å². The van der Waals surface area contributed by atoms with Gasteiger partial charge in [-0.3, -0.25) is 4.79 Å². The summed E-state index contributed by atoms with van der Waals surface area (Å²) in [6, 6.07) is 6.86. The molecule has 116 valence electrons. The van der Waals surface area contributed by atoms with Crippen molar-refractivity contribution in [3.8, 4) is 0 Å². The van der Waals surface area contributed by atoms with E-state index < -0.39 is 5.54 Å². The van der Waals surface area contributed by atoms with Crippen molar-refractivity contribution < 1.29 is 9.18 Å². The number of nitrogens with one attached hydrogen (secondary N) is 1. The number of hydrogen-bond acceptors (Lipinski definition) is 2. The maximum Gasteiger partial charge on any atom is 0.221 e. The normalized spacial score (nSPS) is 26.0. The maximum atomic E-state index is 13.9. The Morgan fingerprint density at radius 1 is 1.33 bits per heavy atom. The Morgan fingerprint density at radius 2 is 2.05 bits per heavy atom. The molecule has 0 bridgehead atoms. The minimum Gasteiger partial charge on any atom is -0.346 e. The Balaban J connectivity index is 0.00000161. The molecule has 1 amide bonds. The molecule has 0 saturated heterocycles. The van der Waals surface area contributed by atoms with Crippen LogP contribution in [0, 0.1) is 11.7 Å². The van der Waals surface area contributed by atoms with E-state index in [0.29, 0.717) is 12.0 Å². The zero-order valence-corrected chi connectivity index (χ0v) is 12.8. The van der Waals surface area contributed by atoms with E-state index in [1.807, 2.05) is 6.07 Å². The van der Waals surface area contributed by atoms with Crippen molar-refractivity contribution in [1.29, 1.82) is 0 Å². The molecular formula is C16H22ClFN2O. The number of amides is 1. The molecule has 3 rings (SSSR count). The van der Waals surface area contributed by atoms with Crippen molar-refractivity contribution in [2.45, 2.75) is 50.1 Å². The second kappa shape index (κ2) is 6.32. The molecule has 2 atom stereocenters. The van der Waals surface area contributed by atoms with E-state index in [2.05, 4.69) is 5.32 Å². The first-order chi connectivity index (χ1) is 9.61. The summed E-state index contributed by atoms with van der Waals surface area (Å²) in [5, 5.41) is 3.04. The monoisotopic (exact) mass is 312 g/mol. The second-order valence-electron chi connectivity index (χ2n) is 6.17. The van der Waals surface area contributed by atoms with Crippen LogP contribution in [0.2, 0.25) is 0 Å². The van der Waals surface area contributed by atoms with E-state index in [1.54, 1.807) is 12.1 Å². The van der Waals surface area contributed by atoms with Gasteiger partial charge in [0.05, 0.1) is 5.54 Å². The van der Waals surface area contributed by atoms with Crippen LogP contribution in [0.4, 0.5) is 4.39 Å². The molecule has 21 heavy (non-hydrogen) atoms. The van der Waals surface area contributed by atoms with Crippen molar-refractivity contribution in [2.24, 2.45) is 11.7 Å². The zero-order chi connectivity index (χ0) is 14.2. The Morgan fingerprint density at radius 3 is 2.62 bits per heavy atom. The lowest BCUT2D eigenvalue weighted by molar-refractivity contribution is -0.123. The van der Waals surface area contributed by atoms with Gasteiger partial charge < -0.3 is 11.1 Å². The molecule has 0 heterocycles. The molecule has 1 aromatic carbocycles. The van der Waals surface area contributed by atoms with E-state index in [0.717, 1.165) is 32.1 Å². The first-order valence-corrected chi connectivity index (χ1v) is 7.42. The zero-order valence-electron chi connectivity index (χ0n) is 12.0. The highest BCUT2D eigenvalue weighted by molar-refractivity contribution is 5.85. The number of rotatable bonds is 4. The van der Waals surface area contributed by atoms with Crippen LogP contribution in [0.5, 0.6) is 0 Å². The van der Waals surface area contributed by atoms with Gasteiger partial charge in [-0.05, 0) is 37.7 Å². The second-order valence-corrected chi connectivity index (χ2v) is 6.17. The fourth-order valence-electron chi connectivity index (χ4n) is 3.31. The molecule has 0 unspecified atom stereocenters. The van der Waals surface area contributed by atoms with Crippen molar-refractivity contribution in [1.82, 2.24) is 5.32 Å². The fourth-order valence-corrected chi connectivity index (χ4v) is 3.31. The van der Waals surface area contributed by atoms with Gasteiger partial charge in [0.1, 0.15) is 5.82 Å². The van der Waals surface area contributed by atoms with Crippen LogP contribution in [0.15, 0.2) is 24.3 Å². The van der Waals surface area contributed by atoms with Gasteiger partial charge in [-0.1, -0.05) is 24.6 Å². The molecule has 0 aromatic heterocycles. The summed E-state index contributed by atoms with van der Waals surface area (Å²) in [7, 11) is 0. The fraction of sp³-hybridized carbons (Fsp3) is 0.562. The van der Waals surface area contributed by atoms with Crippen LogP contribution in [0.3, 0.4) is 0 Å². The minimum absolute atomic E-state index is 0. The molecule has 2 aliphatic rings. The lowest BCUT2D eigenvalue weighted by atomic mass is 9.98. The van der Waals surface area contributed by atoms with Gasteiger partial charge in [-0.25, -0.2) is 4.39 Å². The summed E-state index contributed by atoms with van der Waals surface area (Å²) in [5.41, 5.74) is 6.15. The third kappa shape index (κ3) is 3.38. The first-order valence-electron chi connectivity index (χ1n) is 7.42. The summed E-state index contributed by atoms with van der Waals surface area (Å²) in [4.78, 5) is 12.2. The molecule has 5 heteroatoms. The van der Waals surface area contributed by atoms with Gasteiger partial charge in [-0.15, -0.1) is 12.4 Å². The SMILES string of the molecule is Cl.N[C@@H]1CCC[C@H]1CC(=O)NC1(c2ccccc2F)CC1. The molecule has 0 spiro atoms. The highest BCUT2D eigenvalue weighted by Crippen LogP contribution is 2.46. The van der Waals surface area contributed by atoms with E-state index in [-0.39, 0.29) is 36.1 Å². The molecular weight excluding hydrogens is 291 g/mol. The number of nitrogens with two attached hydrogens (primary N) is 1. The van der Waals surface area contributed by atoms with Crippen LogP contribution in [0.25, 0.3) is 0 Å². The standard InChI is InChI=1S/C16H21FN2O.ClH/c17-13-6-2-1-5-12(13)16(8-9-16)19-15(20)10-11-4-3-7-14(11)18;/h1-2,5-6,11,14H,3-4,7-10,18H2,(H,19,20);1H/t11-,14+;/m0./s1. The molecule has 3 N–H and O–H groups in total. The van der Waals surface area contributed by atoms with Crippen molar-refractivity contribution in [3.05, 3.63) is 35.6 Å². The molecule has 3 nitrogen and oxygen atoms in total. The van der Waals surface area contributed by atoms with E-state index in [9.17, 15) is 9.18 Å². The summed E-state index contributed by atoms with van der Waals surface area (Å²) < 4.78 is 13.9. The lowest BCUT2D eigenvalue weighted by Crippen LogP contribution is -2.38. The van der Waals surface area contributed by atoms with E-state index in [4.69, 9.17) is 5.73 Å². The Bertz CT molecular complexity index is 519. The molecule has 2 aliphatic carbocycles. The molecule has 0 aliphatic heterocycles. The first kappa shape index (κ1) is 16.2. The smallest absolute Gasteiger partial charge is 0.221 e. The Kier molecular flexibility index (Phi) is 4.89. The molecule has 0 radical (unpaired) electrons. The van der Waals surface area contributed by atoms with E-state index >= 15 is 0 Å². The van der Waals surface area contributed by atoms with Crippen molar-refractivity contribution in [3.63, 3.8) is 0 Å². The number of halogens is 2. The topological polar surface area (TPSA) is 55.1 Å². The quantitative estimate of drug-likeness (QED) is 0.898. The lowest BCUT2D eigenvalue weighted by Gasteiger charge is -2.21. The average molecular weight is 313 g/mol. The molecule has 2 fully saturated rings. The highest BCUT2D eigenvalue weighted by Gasteiger charge is 2.47. The van der Waals surface area contributed by atoms with Gasteiger partial charge in [0.25, 0.3) is 0 Å². The number of carbonyl (C=O) groups is 1. The van der Waals surface area contributed by atoms with Crippen LogP contribution in [-0.2, 0) is 10.3 Å². The van der Waals surface area contributed by atoms with Gasteiger partial charge in [0.15, 0.2) is 0 Å². The summed E-state index contributed by atoms with van der Waals surface area (Å²) in [6.07, 6.45) is 5.25. The largest absolute Gasteiger partial charge is 0.346 e. The van der Waals surface area contributed by atoms with Gasteiger partial charge in [0, 0.05) is 18.0 Å². The average Bonchev–Trinajstić information content (AvgIpc) is 3.08. The van der Waals surface area contributed by atoms with Crippen molar-refractivity contribution in [2.75, 3.05) is 0 Å². The number of benzene rings is 1. The van der Waals surface area contributed by atoms with Gasteiger partial charge >= 0.3 is 0 Å². The predicted octanol–water partition coefficient (Wildman–Crippen LogP) is 2.87. The van der Waals surface area contributed by atoms with Crippen molar-refractivity contribution >= 4 is 18.3 Å². The summed E-state index contributed by atoms with van der Waals surface area (Å²) in [5.74, 6) is 0.0578. The third-order valence-corrected chi connectivity index (χ3v) is 4.68. The predicted molar refractivity (Wildman–Crippen MR) is 82.6 cm³/mol. The van der Waals surface area contributed by atoms with Gasteiger partial charge in [0.2, 0.25) is 5.91 Å². The maximum absolute atomic E-state index is 13.9. The summed E-state index contributed by atoms with van der Waals surface area (Å²) >= 11 is 0. The van der Waals surface area contributed by atoms with Crippen LogP contribution < -0.4 is 11.1 Å². The van der Waals surface area contributed by atoms with E-state index in [1.165, 1.54) is 6.07 Å². The van der Waals surface area contributed by atoms with Gasteiger partial charge in [-0.2, -0.15) is 0 Å². The minimum atomic E-state index is -0.467. The Hall–Kier alpha value is -1.13. The third-order valence-electron chi connectivity index (χ3n) is 4.68. The number of carbonyl (C=O) groups excluding carboxylic acids is 1. The number of hydrogen-bond donors (Lipinski definition) is 2. The highest BCUT2D eigenvalue weighted by atomic mass is 35.5. The van der Waals surface area contributed by atoms with Crippen LogP contribution in [-0.4, -0.2) is 11.9 Å². The summed E-state index contributed by atoms with van der Waals surface area (Å²) in [6.45, 7) is 0. The van der Waals surface area contributed by atoms with Crippen LogP contribution in [0.1, 0.15) is 44.1 Å². The molecule has 1 aromatic rings. The van der Waals surface area contributed by atoms with Crippen LogP contribution >= 0.6 is 12.4 Å². The molecule has 2 saturated carbocycles.